The minimum atomic E-state index is -0.253. The predicted molar refractivity (Wildman–Crippen MR) is 132 cm³/mol. The Balaban J connectivity index is 1.68. The van der Waals surface area contributed by atoms with E-state index in [4.69, 9.17) is 14.2 Å². The molecule has 0 amide bonds. The third-order valence-electron chi connectivity index (χ3n) is 5.00. The van der Waals surface area contributed by atoms with Gasteiger partial charge in [0.2, 0.25) is 5.75 Å². The van der Waals surface area contributed by atoms with Crippen molar-refractivity contribution in [2.75, 3.05) is 14.2 Å². The molecule has 168 valence electrons. The Hall–Kier alpha value is -3.65. The molecule has 0 N–H and O–H groups in total. The molecule has 1 aromatic heterocycles. The Bertz CT molecular complexity index is 1360. The lowest BCUT2D eigenvalue weighted by Gasteiger charge is -2.15. The van der Waals surface area contributed by atoms with Gasteiger partial charge in [-0.3, -0.25) is 4.79 Å². The molecule has 0 aliphatic carbocycles. The number of ether oxygens (including phenoxy) is 3. The number of fused-ring (bicyclic) bond motifs is 1. The number of nitrogens with zero attached hydrogens (tertiary/aromatic N) is 3. The summed E-state index contributed by atoms with van der Waals surface area (Å²) < 4.78 is 19.1. The standard InChI is InChI=1S/C25H22BrN3O4/c1-16-28-21-10-9-19(26)13-20(21)25(30)29(16)27-14-18-11-22(31-2)24(23(12-18)32-3)33-15-17-7-5-4-6-8-17/h4-14H,15H2,1-3H3. The summed E-state index contributed by atoms with van der Waals surface area (Å²) in [4.78, 5) is 17.4. The molecule has 1 heterocycles. The summed E-state index contributed by atoms with van der Waals surface area (Å²) in [5.41, 5.74) is 2.07. The van der Waals surface area contributed by atoms with Crippen LogP contribution >= 0.6 is 15.9 Å². The molecule has 4 aromatic rings. The second-order valence-corrected chi connectivity index (χ2v) is 8.13. The van der Waals surface area contributed by atoms with Crippen LogP contribution in [0.5, 0.6) is 17.2 Å². The highest BCUT2D eigenvalue weighted by molar-refractivity contribution is 9.10. The summed E-state index contributed by atoms with van der Waals surface area (Å²) in [5, 5.41) is 4.86. The summed E-state index contributed by atoms with van der Waals surface area (Å²) in [7, 11) is 3.12. The lowest BCUT2D eigenvalue weighted by Crippen LogP contribution is -2.20. The van der Waals surface area contributed by atoms with Gasteiger partial charge in [0.25, 0.3) is 5.56 Å². The molecule has 0 aliphatic heterocycles. The molecular formula is C25H22BrN3O4. The molecule has 7 nitrogen and oxygen atoms in total. The largest absolute Gasteiger partial charge is 0.493 e. The van der Waals surface area contributed by atoms with Gasteiger partial charge in [0.15, 0.2) is 11.5 Å². The van der Waals surface area contributed by atoms with Gasteiger partial charge in [0.1, 0.15) is 12.4 Å². The average Bonchev–Trinajstić information content (AvgIpc) is 2.83. The van der Waals surface area contributed by atoms with Gasteiger partial charge < -0.3 is 14.2 Å². The molecule has 0 fully saturated rings. The van der Waals surface area contributed by atoms with Crippen molar-refractivity contribution in [2.45, 2.75) is 13.5 Å². The van der Waals surface area contributed by atoms with E-state index in [1.165, 1.54) is 4.68 Å². The van der Waals surface area contributed by atoms with Crippen LogP contribution in [0.25, 0.3) is 10.9 Å². The van der Waals surface area contributed by atoms with Gasteiger partial charge in [0.05, 0.1) is 31.3 Å². The molecule has 33 heavy (non-hydrogen) atoms. The van der Waals surface area contributed by atoms with Crippen LogP contribution in [0, 0.1) is 6.92 Å². The van der Waals surface area contributed by atoms with E-state index in [9.17, 15) is 4.79 Å². The van der Waals surface area contributed by atoms with Crippen LogP contribution in [0.15, 0.2) is 75.0 Å². The topological polar surface area (TPSA) is 74.9 Å². The van der Waals surface area contributed by atoms with Crippen molar-refractivity contribution in [2.24, 2.45) is 5.10 Å². The van der Waals surface area contributed by atoms with Crippen LogP contribution in [0.3, 0.4) is 0 Å². The van der Waals surface area contributed by atoms with Crippen molar-refractivity contribution in [3.8, 4) is 17.2 Å². The number of aromatic nitrogens is 2. The number of benzene rings is 3. The normalized spacial score (nSPS) is 11.2. The molecule has 4 rings (SSSR count). The zero-order valence-electron chi connectivity index (χ0n) is 18.4. The molecule has 0 unspecified atom stereocenters. The van der Waals surface area contributed by atoms with E-state index in [1.54, 1.807) is 51.6 Å². The van der Waals surface area contributed by atoms with E-state index in [0.717, 1.165) is 10.0 Å². The van der Waals surface area contributed by atoms with Crippen molar-refractivity contribution in [1.82, 2.24) is 9.66 Å². The zero-order valence-corrected chi connectivity index (χ0v) is 20.0. The Kier molecular flexibility index (Phi) is 6.74. The highest BCUT2D eigenvalue weighted by atomic mass is 79.9. The van der Waals surface area contributed by atoms with E-state index in [-0.39, 0.29) is 5.56 Å². The van der Waals surface area contributed by atoms with Crippen LogP contribution in [0.4, 0.5) is 0 Å². The van der Waals surface area contributed by atoms with Gasteiger partial charge in [-0.25, -0.2) is 4.98 Å². The number of aryl methyl sites for hydroxylation is 1. The Labute approximate surface area is 199 Å². The van der Waals surface area contributed by atoms with Crippen molar-refractivity contribution in [3.63, 3.8) is 0 Å². The lowest BCUT2D eigenvalue weighted by molar-refractivity contribution is 0.266. The monoisotopic (exact) mass is 507 g/mol. The van der Waals surface area contributed by atoms with E-state index in [1.807, 2.05) is 36.4 Å². The van der Waals surface area contributed by atoms with Gasteiger partial charge in [-0.2, -0.15) is 9.78 Å². The summed E-state index contributed by atoms with van der Waals surface area (Å²) >= 11 is 3.40. The van der Waals surface area contributed by atoms with E-state index < -0.39 is 0 Å². The zero-order chi connectivity index (χ0) is 23.4. The number of hydrogen-bond donors (Lipinski definition) is 0. The first-order chi connectivity index (χ1) is 16.0. The maximum absolute atomic E-state index is 13.0. The first kappa shape index (κ1) is 22.5. The molecule has 8 heteroatoms. The fraction of sp³-hybridized carbons (Fsp3) is 0.160. The van der Waals surface area contributed by atoms with Crippen molar-refractivity contribution in [1.29, 1.82) is 0 Å². The molecule has 0 atom stereocenters. The number of rotatable bonds is 7. The van der Waals surface area contributed by atoms with Gasteiger partial charge in [-0.15, -0.1) is 0 Å². The summed E-state index contributed by atoms with van der Waals surface area (Å²) in [6.07, 6.45) is 1.56. The SMILES string of the molecule is COc1cc(C=Nn2c(C)nc3ccc(Br)cc3c2=O)cc(OC)c1OCc1ccccc1. The average molecular weight is 508 g/mol. The molecule has 3 aromatic carbocycles. The smallest absolute Gasteiger partial charge is 0.282 e. The molecule has 0 aliphatic rings. The van der Waals surface area contributed by atoms with E-state index in [2.05, 4.69) is 26.0 Å². The first-order valence-electron chi connectivity index (χ1n) is 10.2. The third kappa shape index (κ3) is 4.90. The molecule has 0 saturated heterocycles. The quantitative estimate of drug-likeness (QED) is 0.331. The van der Waals surface area contributed by atoms with Crippen LogP contribution in [-0.2, 0) is 6.61 Å². The minimum absolute atomic E-state index is 0.253. The molecular weight excluding hydrogens is 486 g/mol. The lowest BCUT2D eigenvalue weighted by atomic mass is 10.2. The number of hydrogen-bond acceptors (Lipinski definition) is 6. The maximum atomic E-state index is 13.0. The number of methoxy groups -OCH3 is 2. The fourth-order valence-electron chi connectivity index (χ4n) is 3.37. The molecule has 0 saturated carbocycles. The Morgan fingerprint density at radius 1 is 1.03 bits per heavy atom. The van der Waals surface area contributed by atoms with E-state index in [0.29, 0.717) is 46.1 Å². The van der Waals surface area contributed by atoms with Crippen LogP contribution in [0.1, 0.15) is 17.0 Å². The second kappa shape index (κ2) is 9.87. The van der Waals surface area contributed by atoms with Crippen molar-refractivity contribution in [3.05, 3.63) is 92.4 Å². The van der Waals surface area contributed by atoms with E-state index >= 15 is 0 Å². The molecule has 0 spiro atoms. The van der Waals surface area contributed by atoms with Crippen molar-refractivity contribution < 1.29 is 14.2 Å². The predicted octanol–water partition coefficient (Wildman–Crippen LogP) is 4.95. The number of halogens is 1. The maximum Gasteiger partial charge on any atom is 0.282 e. The molecule has 0 radical (unpaired) electrons. The van der Waals surface area contributed by atoms with Gasteiger partial charge in [0, 0.05) is 10.0 Å². The second-order valence-electron chi connectivity index (χ2n) is 7.21. The van der Waals surface area contributed by atoms with Gasteiger partial charge in [-0.05, 0) is 42.8 Å². The minimum Gasteiger partial charge on any atom is -0.493 e. The summed E-state index contributed by atoms with van der Waals surface area (Å²) in [5.74, 6) is 1.96. The third-order valence-corrected chi connectivity index (χ3v) is 5.49. The highest BCUT2D eigenvalue weighted by Crippen LogP contribution is 2.38. The Morgan fingerprint density at radius 3 is 2.39 bits per heavy atom. The highest BCUT2D eigenvalue weighted by Gasteiger charge is 2.14. The first-order valence-corrected chi connectivity index (χ1v) is 11.0. The summed E-state index contributed by atoms with van der Waals surface area (Å²) in [6, 6.07) is 18.8. The summed E-state index contributed by atoms with van der Waals surface area (Å²) in [6.45, 7) is 2.11. The van der Waals surface area contributed by atoms with Gasteiger partial charge >= 0.3 is 0 Å². The van der Waals surface area contributed by atoms with Crippen LogP contribution in [0.2, 0.25) is 0 Å². The fourth-order valence-corrected chi connectivity index (χ4v) is 3.73. The van der Waals surface area contributed by atoms with Gasteiger partial charge in [-0.1, -0.05) is 46.3 Å². The Morgan fingerprint density at radius 2 is 1.73 bits per heavy atom. The van der Waals surface area contributed by atoms with Crippen LogP contribution < -0.4 is 19.8 Å². The molecule has 0 bridgehead atoms. The van der Waals surface area contributed by atoms with Crippen molar-refractivity contribution >= 4 is 33.0 Å². The van der Waals surface area contributed by atoms with Crippen LogP contribution in [-0.4, -0.2) is 30.1 Å².